The lowest BCUT2D eigenvalue weighted by Crippen LogP contribution is -2.40. The zero-order valence-electron chi connectivity index (χ0n) is 41.3. The van der Waals surface area contributed by atoms with Crippen molar-refractivity contribution in [3.05, 3.63) is 285 Å². The number of fused-ring (bicyclic) bond motifs is 10. The Morgan fingerprint density at radius 2 is 1.21 bits per heavy atom. The summed E-state index contributed by atoms with van der Waals surface area (Å²) in [5.41, 5.74) is 27.3. The Morgan fingerprint density at radius 3 is 1.87 bits per heavy atom. The largest absolute Gasteiger partial charge is 0.458 e. The van der Waals surface area contributed by atoms with E-state index in [0.29, 0.717) is 12.3 Å². The van der Waals surface area contributed by atoms with Crippen molar-refractivity contribution in [2.75, 3.05) is 0 Å². The lowest BCUT2D eigenvalue weighted by atomic mass is 9.55. The topological polar surface area (TPSA) is 51.5 Å². The van der Waals surface area contributed by atoms with Gasteiger partial charge in [-0.1, -0.05) is 234 Å². The van der Waals surface area contributed by atoms with Crippen LogP contribution in [0.4, 0.5) is 5.69 Å². The summed E-state index contributed by atoms with van der Waals surface area (Å²) in [7, 11) is 0. The summed E-state index contributed by atoms with van der Waals surface area (Å²) in [5, 5.41) is 0.964. The summed E-state index contributed by atoms with van der Waals surface area (Å²) in [4.78, 5) is 5.29. The summed E-state index contributed by atoms with van der Waals surface area (Å²) in [6, 6.07) is 72.1. The average Bonchev–Trinajstić information content (AvgIpc) is 3.91. The van der Waals surface area contributed by atoms with Crippen LogP contribution in [0.2, 0.25) is 0 Å². The molecule has 1 aromatic heterocycles. The molecule has 1 spiro atoms. The molecular weight excluding hydrogens is 849 g/mol. The van der Waals surface area contributed by atoms with Crippen molar-refractivity contribution in [2.24, 2.45) is 10.7 Å². The molecule has 3 aliphatic rings. The number of nitrogens with zero attached hydrogens (tertiary/aromatic N) is 1. The molecule has 1 unspecified atom stereocenters. The van der Waals surface area contributed by atoms with Gasteiger partial charge in [-0.05, 0) is 110 Å². The molecule has 70 heavy (non-hydrogen) atoms. The van der Waals surface area contributed by atoms with Gasteiger partial charge in [0, 0.05) is 28.7 Å². The maximum atomic E-state index is 7.22. The first-order valence-electron chi connectivity index (χ1n) is 25.1. The molecule has 0 saturated heterocycles. The SMILES string of the molecule is CC.CC(c1ccccc1)c1cccc2c1-c1cc(C(N)=Nc3c(CC4=CCCC(c5ccccc5)=C4)oc4ccccc34)ccc1C21c2ccccc2C(C)(C)c2ccccc21.Cc1ccccc1. The van der Waals surface area contributed by atoms with Crippen molar-refractivity contribution in [3.63, 3.8) is 0 Å². The van der Waals surface area contributed by atoms with Crippen LogP contribution in [0, 0.1) is 6.92 Å². The van der Waals surface area contributed by atoms with E-state index in [4.69, 9.17) is 15.1 Å². The van der Waals surface area contributed by atoms with E-state index < -0.39 is 5.41 Å². The number of hydrogen-bond acceptors (Lipinski definition) is 2. The van der Waals surface area contributed by atoms with E-state index in [0.717, 1.165) is 40.8 Å². The second kappa shape index (κ2) is 19.3. The second-order valence-corrected chi connectivity index (χ2v) is 19.2. The number of amidine groups is 1. The Labute approximate surface area is 414 Å². The molecule has 3 heteroatoms. The zero-order chi connectivity index (χ0) is 48.4. The minimum atomic E-state index is -0.516. The van der Waals surface area contributed by atoms with E-state index in [1.54, 1.807) is 0 Å². The molecule has 0 saturated carbocycles. The molecule has 0 amide bonds. The lowest BCUT2D eigenvalue weighted by Gasteiger charge is -2.46. The number of rotatable bonds is 7. The highest BCUT2D eigenvalue weighted by Gasteiger charge is 2.53. The zero-order valence-corrected chi connectivity index (χ0v) is 41.3. The third kappa shape index (κ3) is 8.03. The van der Waals surface area contributed by atoms with Crippen LogP contribution in [0.15, 0.2) is 227 Å². The summed E-state index contributed by atoms with van der Waals surface area (Å²) in [5.74, 6) is 1.45. The highest BCUT2D eigenvalue weighted by Crippen LogP contribution is 2.63. The Balaban J connectivity index is 0.000000576. The standard InChI is InChI=1S/C58H48N2O.C7H8.C2H6/c1-37(39-19-6-4-7-20-39)43-25-17-30-51-54(43)45-36-42(32-33-46(45)58(51)49-28-13-11-26-47(49)57(2,3)48-27-12-14-29-50(48)58)56(59)60-55-44-24-10-15-31-52(44)61-53(55)35-38-18-16-23-41(34-38)40-21-8-5-9-22-40;1-7-5-3-2-4-6-7;1-2/h4-15,17-22,24-34,36-37H,16,23,35H2,1-3H3,(H2,59,60);2-6H,1H3;1-2H3. The molecule has 346 valence electrons. The first kappa shape index (κ1) is 46.0. The van der Waals surface area contributed by atoms with Gasteiger partial charge in [0.2, 0.25) is 0 Å². The van der Waals surface area contributed by atoms with Gasteiger partial charge in [0.15, 0.2) is 0 Å². The van der Waals surface area contributed by atoms with Gasteiger partial charge in [0.1, 0.15) is 22.9 Å². The van der Waals surface area contributed by atoms with E-state index in [-0.39, 0.29) is 11.3 Å². The predicted octanol–water partition coefficient (Wildman–Crippen LogP) is 17.0. The lowest BCUT2D eigenvalue weighted by molar-refractivity contribution is 0.563. The third-order valence-corrected chi connectivity index (χ3v) is 14.8. The number of hydrogen-bond donors (Lipinski definition) is 1. The van der Waals surface area contributed by atoms with Crippen molar-refractivity contribution < 1.29 is 4.42 Å². The number of allylic oxidation sites excluding steroid dienone is 4. The fraction of sp³-hybridized carbons (Fsp3) is 0.179. The maximum absolute atomic E-state index is 7.22. The summed E-state index contributed by atoms with van der Waals surface area (Å²) in [6.45, 7) is 13.2. The molecular formula is C67H62N2O. The number of aliphatic imine (C=N–C) groups is 1. The Morgan fingerprint density at radius 1 is 0.629 bits per heavy atom. The van der Waals surface area contributed by atoms with Crippen LogP contribution in [0.1, 0.15) is 120 Å². The van der Waals surface area contributed by atoms with E-state index in [1.165, 1.54) is 77.9 Å². The van der Waals surface area contributed by atoms with Crippen LogP contribution in [0.5, 0.6) is 0 Å². The molecule has 0 aliphatic heterocycles. The Hall–Kier alpha value is -7.75. The Bertz CT molecular complexity index is 3370. The van der Waals surface area contributed by atoms with Crippen molar-refractivity contribution in [2.45, 2.75) is 77.6 Å². The first-order chi connectivity index (χ1) is 34.2. The number of furan rings is 1. The number of para-hydroxylation sites is 1. The molecule has 3 aliphatic carbocycles. The van der Waals surface area contributed by atoms with Crippen molar-refractivity contribution in [1.82, 2.24) is 0 Å². The van der Waals surface area contributed by atoms with Crippen LogP contribution >= 0.6 is 0 Å². The monoisotopic (exact) mass is 910 g/mol. The smallest absolute Gasteiger partial charge is 0.136 e. The second-order valence-electron chi connectivity index (χ2n) is 19.2. The summed E-state index contributed by atoms with van der Waals surface area (Å²) < 4.78 is 6.61. The van der Waals surface area contributed by atoms with Gasteiger partial charge < -0.3 is 10.2 Å². The molecule has 0 bridgehead atoms. The summed E-state index contributed by atoms with van der Waals surface area (Å²) >= 11 is 0. The highest BCUT2D eigenvalue weighted by atomic mass is 16.3. The molecule has 12 rings (SSSR count). The van der Waals surface area contributed by atoms with E-state index in [1.807, 2.05) is 50.2 Å². The van der Waals surface area contributed by atoms with Gasteiger partial charge in [0.05, 0.1) is 5.41 Å². The molecule has 0 fully saturated rings. The number of benzene rings is 8. The normalized spacial score (nSPS) is 15.1. The summed E-state index contributed by atoms with van der Waals surface area (Å²) in [6.07, 6.45) is 7.31. The number of nitrogens with two attached hydrogens (primary N) is 1. The van der Waals surface area contributed by atoms with Gasteiger partial charge in [-0.25, -0.2) is 4.99 Å². The average molecular weight is 911 g/mol. The van der Waals surface area contributed by atoms with Gasteiger partial charge in [0.25, 0.3) is 0 Å². The van der Waals surface area contributed by atoms with Gasteiger partial charge >= 0.3 is 0 Å². The fourth-order valence-corrected chi connectivity index (χ4v) is 11.4. The van der Waals surface area contributed by atoms with Crippen LogP contribution in [0.3, 0.4) is 0 Å². The van der Waals surface area contributed by atoms with Gasteiger partial charge in [-0.3, -0.25) is 0 Å². The van der Waals surface area contributed by atoms with Crippen LogP contribution in [-0.2, 0) is 17.3 Å². The van der Waals surface area contributed by atoms with E-state index in [2.05, 4.69) is 204 Å². The van der Waals surface area contributed by atoms with Gasteiger partial charge in [-0.2, -0.15) is 0 Å². The maximum Gasteiger partial charge on any atom is 0.136 e. The van der Waals surface area contributed by atoms with Crippen LogP contribution in [-0.4, -0.2) is 5.84 Å². The first-order valence-corrected chi connectivity index (χ1v) is 25.1. The molecule has 0 radical (unpaired) electrons. The molecule has 8 aromatic carbocycles. The molecule has 9 aromatic rings. The van der Waals surface area contributed by atoms with Crippen molar-refractivity contribution >= 4 is 28.1 Å². The minimum Gasteiger partial charge on any atom is -0.458 e. The third-order valence-electron chi connectivity index (χ3n) is 14.8. The molecule has 1 atom stereocenters. The molecule has 1 heterocycles. The molecule has 3 nitrogen and oxygen atoms in total. The fourth-order valence-electron chi connectivity index (χ4n) is 11.4. The predicted molar refractivity (Wildman–Crippen MR) is 294 cm³/mol. The van der Waals surface area contributed by atoms with Crippen molar-refractivity contribution in [3.8, 4) is 11.1 Å². The Kier molecular flexibility index (Phi) is 12.7. The quantitative estimate of drug-likeness (QED) is 0.128. The minimum absolute atomic E-state index is 0.157. The number of aryl methyl sites for hydroxylation is 1. The van der Waals surface area contributed by atoms with E-state index in [9.17, 15) is 0 Å². The van der Waals surface area contributed by atoms with Crippen LogP contribution < -0.4 is 5.73 Å². The van der Waals surface area contributed by atoms with Gasteiger partial charge in [-0.15, -0.1) is 0 Å². The molecule has 2 N–H and O–H groups in total. The van der Waals surface area contributed by atoms with Crippen molar-refractivity contribution in [1.29, 1.82) is 0 Å². The highest BCUT2D eigenvalue weighted by molar-refractivity contribution is 6.04. The van der Waals surface area contributed by atoms with Crippen LogP contribution in [0.25, 0.3) is 27.7 Å². The van der Waals surface area contributed by atoms with E-state index >= 15 is 0 Å².